The summed E-state index contributed by atoms with van der Waals surface area (Å²) in [6.07, 6.45) is 2.34. The topological polar surface area (TPSA) is 91.1 Å². The summed E-state index contributed by atoms with van der Waals surface area (Å²) in [6, 6.07) is 14.9. The standard InChI is InChI=1S/C23H20N4O3/c1-30-17-6-4-15(5-7-17)21-25-20-13-27(11-9-18(20)22(28)26-21)23(29)16-3-2-14-8-10-24-19(14)12-16/h2-8,10,12,24H,9,11,13H2,1H3,(H,25,26,28). The molecular formula is C23H20N4O3. The summed E-state index contributed by atoms with van der Waals surface area (Å²) in [5.74, 6) is 1.16. The third kappa shape index (κ3) is 3.14. The van der Waals surface area contributed by atoms with Gasteiger partial charge >= 0.3 is 0 Å². The van der Waals surface area contributed by atoms with Gasteiger partial charge in [-0.3, -0.25) is 9.59 Å². The molecule has 0 bridgehead atoms. The number of nitrogens with one attached hydrogen (secondary N) is 2. The molecule has 0 atom stereocenters. The molecule has 1 aliphatic heterocycles. The highest BCUT2D eigenvalue weighted by molar-refractivity contribution is 5.98. The van der Waals surface area contributed by atoms with Crippen LogP contribution in [-0.4, -0.2) is 39.4 Å². The molecule has 2 aromatic heterocycles. The van der Waals surface area contributed by atoms with Crippen molar-refractivity contribution in [3.63, 3.8) is 0 Å². The quantitative estimate of drug-likeness (QED) is 0.553. The number of carbonyl (C=O) groups excluding carboxylic acids is 1. The first-order chi connectivity index (χ1) is 14.6. The van der Waals surface area contributed by atoms with E-state index < -0.39 is 0 Å². The number of fused-ring (bicyclic) bond motifs is 2. The Balaban J connectivity index is 1.45. The third-order valence-corrected chi connectivity index (χ3v) is 5.53. The van der Waals surface area contributed by atoms with E-state index in [9.17, 15) is 9.59 Å². The maximum Gasteiger partial charge on any atom is 0.254 e. The van der Waals surface area contributed by atoms with E-state index in [2.05, 4.69) is 15.0 Å². The van der Waals surface area contributed by atoms with Gasteiger partial charge in [0.05, 0.1) is 19.3 Å². The number of H-pyrrole nitrogens is 2. The van der Waals surface area contributed by atoms with Gasteiger partial charge < -0.3 is 19.6 Å². The number of aromatic nitrogens is 3. The van der Waals surface area contributed by atoms with Crippen LogP contribution in [0.15, 0.2) is 59.5 Å². The van der Waals surface area contributed by atoms with Crippen molar-refractivity contribution in [2.24, 2.45) is 0 Å². The predicted molar refractivity (Wildman–Crippen MR) is 114 cm³/mol. The number of aromatic amines is 2. The average molecular weight is 400 g/mol. The zero-order chi connectivity index (χ0) is 20.7. The highest BCUT2D eigenvalue weighted by atomic mass is 16.5. The highest BCUT2D eigenvalue weighted by Gasteiger charge is 2.25. The second kappa shape index (κ2) is 7.18. The van der Waals surface area contributed by atoms with Gasteiger partial charge in [-0.25, -0.2) is 4.98 Å². The lowest BCUT2D eigenvalue weighted by Crippen LogP contribution is -2.39. The molecule has 0 fully saturated rings. The van der Waals surface area contributed by atoms with Crippen molar-refractivity contribution in [1.82, 2.24) is 19.9 Å². The second-order valence-corrected chi connectivity index (χ2v) is 7.32. The van der Waals surface area contributed by atoms with Crippen molar-refractivity contribution in [3.8, 4) is 17.1 Å². The lowest BCUT2D eigenvalue weighted by molar-refractivity contribution is 0.0731. The Bertz CT molecular complexity index is 1300. The number of amides is 1. The van der Waals surface area contributed by atoms with Crippen LogP contribution in [0, 0.1) is 0 Å². The van der Waals surface area contributed by atoms with Gasteiger partial charge in [-0.2, -0.15) is 0 Å². The zero-order valence-electron chi connectivity index (χ0n) is 16.4. The molecule has 7 nitrogen and oxygen atoms in total. The summed E-state index contributed by atoms with van der Waals surface area (Å²) in [7, 11) is 1.60. The SMILES string of the molecule is COc1ccc(-c2nc3c(c(=O)[nH]2)CCN(C(=O)c2ccc4cc[nH]c4c2)C3)cc1. The fourth-order valence-electron chi connectivity index (χ4n) is 3.86. The molecule has 150 valence electrons. The van der Waals surface area contributed by atoms with E-state index in [1.807, 2.05) is 54.7 Å². The van der Waals surface area contributed by atoms with Crippen LogP contribution in [0.25, 0.3) is 22.3 Å². The molecular weight excluding hydrogens is 380 g/mol. The predicted octanol–water partition coefficient (Wildman–Crippen LogP) is 3.13. The second-order valence-electron chi connectivity index (χ2n) is 7.32. The number of ether oxygens (including phenoxy) is 1. The summed E-state index contributed by atoms with van der Waals surface area (Å²) >= 11 is 0. The van der Waals surface area contributed by atoms with Crippen LogP contribution < -0.4 is 10.3 Å². The molecule has 1 aliphatic rings. The fraction of sp³-hybridized carbons (Fsp3) is 0.174. The number of hydrogen-bond acceptors (Lipinski definition) is 4. The largest absolute Gasteiger partial charge is 0.497 e. The number of nitrogens with zero attached hydrogens (tertiary/aromatic N) is 2. The van der Waals surface area contributed by atoms with Crippen LogP contribution in [-0.2, 0) is 13.0 Å². The molecule has 30 heavy (non-hydrogen) atoms. The lowest BCUT2D eigenvalue weighted by atomic mass is 10.0. The maximum atomic E-state index is 13.1. The molecule has 0 saturated heterocycles. The third-order valence-electron chi connectivity index (χ3n) is 5.53. The number of methoxy groups -OCH3 is 1. The molecule has 2 aromatic carbocycles. The summed E-state index contributed by atoms with van der Waals surface area (Å²) < 4.78 is 5.18. The Morgan fingerprint density at radius 1 is 1.13 bits per heavy atom. The monoisotopic (exact) mass is 400 g/mol. The van der Waals surface area contributed by atoms with E-state index in [0.29, 0.717) is 42.2 Å². The van der Waals surface area contributed by atoms with E-state index >= 15 is 0 Å². The smallest absolute Gasteiger partial charge is 0.254 e. The fourth-order valence-corrected chi connectivity index (χ4v) is 3.86. The lowest BCUT2D eigenvalue weighted by Gasteiger charge is -2.28. The van der Waals surface area contributed by atoms with Gasteiger partial charge in [0.2, 0.25) is 0 Å². The molecule has 4 aromatic rings. The van der Waals surface area contributed by atoms with Crippen molar-refractivity contribution in [2.75, 3.05) is 13.7 Å². The molecule has 2 N–H and O–H groups in total. The normalized spacial score (nSPS) is 13.3. The minimum Gasteiger partial charge on any atom is -0.497 e. The number of rotatable bonds is 3. The van der Waals surface area contributed by atoms with Crippen LogP contribution in [0.2, 0.25) is 0 Å². The number of benzene rings is 2. The van der Waals surface area contributed by atoms with E-state index in [-0.39, 0.29) is 11.5 Å². The minimum atomic E-state index is -0.147. The van der Waals surface area contributed by atoms with Crippen molar-refractivity contribution in [2.45, 2.75) is 13.0 Å². The Hall–Kier alpha value is -3.87. The summed E-state index contributed by atoms with van der Waals surface area (Å²) in [6.45, 7) is 0.797. The number of carbonyl (C=O) groups is 1. The van der Waals surface area contributed by atoms with Gasteiger partial charge in [-0.05, 0) is 54.3 Å². The van der Waals surface area contributed by atoms with Crippen LogP contribution >= 0.6 is 0 Å². The van der Waals surface area contributed by atoms with E-state index in [0.717, 1.165) is 22.2 Å². The van der Waals surface area contributed by atoms with Crippen LogP contribution in [0.5, 0.6) is 5.75 Å². The van der Waals surface area contributed by atoms with Crippen LogP contribution in [0.4, 0.5) is 0 Å². The van der Waals surface area contributed by atoms with Crippen LogP contribution in [0.3, 0.4) is 0 Å². The van der Waals surface area contributed by atoms with Gasteiger partial charge in [0.15, 0.2) is 0 Å². The zero-order valence-corrected chi connectivity index (χ0v) is 16.4. The highest BCUT2D eigenvalue weighted by Crippen LogP contribution is 2.23. The Labute approximate surface area is 172 Å². The van der Waals surface area contributed by atoms with Gasteiger partial charge in [0, 0.05) is 34.9 Å². The Kier molecular flexibility index (Phi) is 4.35. The average Bonchev–Trinajstić information content (AvgIpc) is 3.26. The molecule has 5 rings (SSSR count). The van der Waals surface area contributed by atoms with Crippen molar-refractivity contribution in [1.29, 1.82) is 0 Å². The van der Waals surface area contributed by atoms with Crippen molar-refractivity contribution in [3.05, 3.63) is 81.9 Å². The molecule has 0 radical (unpaired) electrons. The van der Waals surface area contributed by atoms with E-state index in [4.69, 9.17) is 4.74 Å². The molecule has 3 heterocycles. The maximum absolute atomic E-state index is 13.1. The molecule has 0 saturated carbocycles. The van der Waals surface area contributed by atoms with Gasteiger partial charge in [-0.1, -0.05) is 6.07 Å². The van der Waals surface area contributed by atoms with E-state index in [1.165, 1.54) is 0 Å². The molecule has 1 amide bonds. The van der Waals surface area contributed by atoms with Gasteiger partial charge in [0.1, 0.15) is 11.6 Å². The van der Waals surface area contributed by atoms with Crippen molar-refractivity contribution < 1.29 is 9.53 Å². The van der Waals surface area contributed by atoms with E-state index in [1.54, 1.807) is 12.0 Å². The van der Waals surface area contributed by atoms with Gasteiger partial charge in [-0.15, -0.1) is 0 Å². The summed E-state index contributed by atoms with van der Waals surface area (Å²) in [5, 5.41) is 1.06. The first kappa shape index (κ1) is 18.2. The van der Waals surface area contributed by atoms with Crippen molar-refractivity contribution >= 4 is 16.8 Å². The number of hydrogen-bond donors (Lipinski definition) is 2. The molecule has 0 spiro atoms. The molecule has 0 unspecified atom stereocenters. The summed E-state index contributed by atoms with van der Waals surface area (Å²) in [5.41, 5.74) is 3.48. The first-order valence-electron chi connectivity index (χ1n) is 9.75. The Morgan fingerprint density at radius 3 is 2.77 bits per heavy atom. The Morgan fingerprint density at radius 2 is 1.97 bits per heavy atom. The summed E-state index contributed by atoms with van der Waals surface area (Å²) in [4.78, 5) is 38.1. The van der Waals surface area contributed by atoms with Crippen LogP contribution in [0.1, 0.15) is 21.6 Å². The van der Waals surface area contributed by atoms with Gasteiger partial charge in [0.25, 0.3) is 11.5 Å². The molecule has 7 heteroatoms. The molecule has 0 aliphatic carbocycles. The first-order valence-corrected chi connectivity index (χ1v) is 9.75. The minimum absolute atomic E-state index is 0.0646.